The molecule has 1 saturated heterocycles. The number of benzene rings is 2. The van der Waals surface area contributed by atoms with Crippen LogP contribution >= 0.6 is 0 Å². The summed E-state index contributed by atoms with van der Waals surface area (Å²) in [6, 6.07) is 10.8. The van der Waals surface area contributed by atoms with E-state index in [4.69, 9.17) is 0 Å². The first-order valence-electron chi connectivity index (χ1n) is 10.4. The molecule has 168 valence electrons. The number of hydrogen-bond acceptors (Lipinski definition) is 6. The molecular weight excluding hydrogens is 432 g/mol. The highest BCUT2D eigenvalue weighted by Crippen LogP contribution is 2.20. The highest BCUT2D eigenvalue weighted by atomic mass is 19.2. The van der Waals surface area contributed by atoms with Crippen LogP contribution in [0.2, 0.25) is 0 Å². The molecule has 0 radical (unpaired) electrons. The van der Waals surface area contributed by atoms with Crippen molar-refractivity contribution in [2.75, 3.05) is 26.2 Å². The summed E-state index contributed by atoms with van der Waals surface area (Å²) < 4.78 is 28.2. The molecule has 1 aliphatic rings. The summed E-state index contributed by atoms with van der Waals surface area (Å²) in [5.41, 5.74) is 1.48. The number of nitrogens with one attached hydrogen (secondary N) is 1. The molecule has 0 aliphatic carbocycles. The number of aromatic amines is 1. The molecule has 2 aromatic heterocycles. The summed E-state index contributed by atoms with van der Waals surface area (Å²) in [6.07, 6.45) is 1.57. The van der Waals surface area contributed by atoms with Gasteiger partial charge in [0.1, 0.15) is 0 Å². The number of hydrogen-bond donors (Lipinski definition) is 1. The lowest BCUT2D eigenvalue weighted by molar-refractivity contribution is -0.128. The van der Waals surface area contributed by atoms with Crippen molar-refractivity contribution in [3.05, 3.63) is 71.7 Å². The van der Waals surface area contributed by atoms with Gasteiger partial charge in [0, 0.05) is 49.3 Å². The number of Topliss-reactive ketones (excluding diaryl/α,β-unsaturated/α-hetero) is 1. The van der Waals surface area contributed by atoms with Gasteiger partial charge in [-0.2, -0.15) is 4.68 Å². The first-order chi connectivity index (χ1) is 16.0. The second-order valence-electron chi connectivity index (χ2n) is 7.75. The normalized spacial score (nSPS) is 14.7. The SMILES string of the molecule is O=C(C(=O)N1CCN(Cc2nnnn2-c2ccc(F)c(F)c2)CC1)c1c[nH]c2ccccc12. The van der Waals surface area contributed by atoms with Crippen molar-refractivity contribution in [3.63, 3.8) is 0 Å². The van der Waals surface area contributed by atoms with E-state index in [1.807, 2.05) is 29.2 Å². The van der Waals surface area contributed by atoms with Gasteiger partial charge in [-0.15, -0.1) is 5.10 Å². The number of rotatable bonds is 5. The first kappa shape index (κ1) is 20.9. The van der Waals surface area contributed by atoms with Crippen LogP contribution in [0.15, 0.2) is 48.7 Å². The molecular formula is C22H19F2N7O2. The molecule has 0 saturated carbocycles. The van der Waals surface area contributed by atoms with Gasteiger partial charge in [-0.3, -0.25) is 14.5 Å². The number of aromatic nitrogens is 5. The van der Waals surface area contributed by atoms with Crippen molar-refractivity contribution in [2.45, 2.75) is 6.54 Å². The molecule has 11 heteroatoms. The summed E-state index contributed by atoms with van der Waals surface area (Å²) in [4.78, 5) is 32.2. The minimum Gasteiger partial charge on any atom is -0.360 e. The number of nitrogens with zero attached hydrogens (tertiary/aromatic N) is 6. The number of carbonyl (C=O) groups excluding carboxylic acids is 2. The highest BCUT2D eigenvalue weighted by Gasteiger charge is 2.29. The predicted molar refractivity (Wildman–Crippen MR) is 114 cm³/mol. The van der Waals surface area contributed by atoms with Gasteiger partial charge in [-0.05, 0) is 28.6 Å². The number of para-hydroxylation sites is 1. The summed E-state index contributed by atoms with van der Waals surface area (Å²) in [6.45, 7) is 2.12. The molecule has 33 heavy (non-hydrogen) atoms. The monoisotopic (exact) mass is 451 g/mol. The lowest BCUT2D eigenvalue weighted by atomic mass is 10.1. The number of ketones is 1. The van der Waals surface area contributed by atoms with Crippen LogP contribution in [0.5, 0.6) is 0 Å². The summed E-state index contributed by atoms with van der Waals surface area (Å²) in [5, 5.41) is 12.2. The average Bonchev–Trinajstić information content (AvgIpc) is 3.47. The predicted octanol–water partition coefficient (Wildman–Crippen LogP) is 1.95. The van der Waals surface area contributed by atoms with Crippen molar-refractivity contribution < 1.29 is 18.4 Å². The smallest absolute Gasteiger partial charge is 0.295 e. The molecule has 0 unspecified atom stereocenters. The van der Waals surface area contributed by atoms with Crippen LogP contribution in [-0.2, 0) is 11.3 Å². The number of halogens is 2. The van der Waals surface area contributed by atoms with Crippen LogP contribution in [0.3, 0.4) is 0 Å². The van der Waals surface area contributed by atoms with Crippen molar-refractivity contribution in [2.24, 2.45) is 0 Å². The Bertz CT molecular complexity index is 1340. The summed E-state index contributed by atoms with van der Waals surface area (Å²) >= 11 is 0. The molecule has 4 aromatic rings. The number of fused-ring (bicyclic) bond motifs is 1. The lowest BCUT2D eigenvalue weighted by Crippen LogP contribution is -2.50. The number of tetrazole rings is 1. The van der Waals surface area contributed by atoms with E-state index in [0.29, 0.717) is 49.8 Å². The molecule has 1 aliphatic heterocycles. The number of carbonyl (C=O) groups is 2. The number of amides is 1. The summed E-state index contributed by atoms with van der Waals surface area (Å²) in [7, 11) is 0. The van der Waals surface area contributed by atoms with Gasteiger partial charge < -0.3 is 9.88 Å². The zero-order valence-corrected chi connectivity index (χ0v) is 17.4. The minimum absolute atomic E-state index is 0.312. The minimum atomic E-state index is -0.985. The fourth-order valence-corrected chi connectivity index (χ4v) is 3.95. The fourth-order valence-electron chi connectivity index (χ4n) is 3.95. The zero-order valence-electron chi connectivity index (χ0n) is 17.4. The van der Waals surface area contributed by atoms with Gasteiger partial charge in [-0.1, -0.05) is 18.2 Å². The van der Waals surface area contributed by atoms with Crippen LogP contribution in [0.1, 0.15) is 16.2 Å². The number of piperazine rings is 1. The van der Waals surface area contributed by atoms with Gasteiger partial charge in [0.15, 0.2) is 17.5 Å². The van der Waals surface area contributed by atoms with Crippen molar-refractivity contribution >= 4 is 22.6 Å². The maximum absolute atomic E-state index is 13.6. The molecule has 1 fully saturated rings. The fraction of sp³-hybridized carbons (Fsp3) is 0.227. The third kappa shape index (κ3) is 3.98. The Balaban J connectivity index is 1.23. The van der Waals surface area contributed by atoms with E-state index in [1.165, 1.54) is 10.7 Å². The van der Waals surface area contributed by atoms with Crippen molar-refractivity contribution in [3.8, 4) is 5.69 Å². The van der Waals surface area contributed by atoms with Crippen molar-refractivity contribution in [1.29, 1.82) is 0 Å². The Morgan fingerprint density at radius 2 is 1.79 bits per heavy atom. The third-order valence-electron chi connectivity index (χ3n) is 5.73. The molecule has 0 spiro atoms. The van der Waals surface area contributed by atoms with E-state index in [2.05, 4.69) is 20.5 Å². The largest absolute Gasteiger partial charge is 0.360 e. The summed E-state index contributed by atoms with van der Waals surface area (Å²) in [5.74, 6) is -2.55. The Labute approximate surface area is 186 Å². The van der Waals surface area contributed by atoms with Crippen LogP contribution in [0.25, 0.3) is 16.6 Å². The first-order valence-corrected chi connectivity index (χ1v) is 10.4. The van der Waals surface area contributed by atoms with E-state index in [1.54, 1.807) is 11.1 Å². The standard InChI is InChI=1S/C22H19F2N7O2/c23-17-6-5-14(11-18(17)24)31-20(26-27-28-31)13-29-7-9-30(10-8-29)22(33)21(32)16-12-25-19-4-2-1-3-15(16)19/h1-6,11-12,25H,7-10,13H2. The van der Waals surface area contributed by atoms with Gasteiger partial charge in [0.05, 0.1) is 17.8 Å². The van der Waals surface area contributed by atoms with Crippen LogP contribution in [0.4, 0.5) is 8.78 Å². The maximum atomic E-state index is 13.6. The molecule has 2 aromatic carbocycles. The Morgan fingerprint density at radius 1 is 1.00 bits per heavy atom. The second kappa shape index (κ2) is 8.51. The maximum Gasteiger partial charge on any atom is 0.295 e. The van der Waals surface area contributed by atoms with Gasteiger partial charge in [0.25, 0.3) is 11.7 Å². The quantitative estimate of drug-likeness (QED) is 0.368. The van der Waals surface area contributed by atoms with E-state index in [-0.39, 0.29) is 0 Å². The molecule has 3 heterocycles. The lowest BCUT2D eigenvalue weighted by Gasteiger charge is -2.33. The van der Waals surface area contributed by atoms with Crippen LogP contribution in [0, 0.1) is 11.6 Å². The van der Waals surface area contributed by atoms with Crippen molar-refractivity contribution in [1.82, 2.24) is 35.0 Å². The third-order valence-corrected chi connectivity index (χ3v) is 5.73. The van der Waals surface area contributed by atoms with E-state index < -0.39 is 23.3 Å². The molecule has 0 bridgehead atoms. The topological polar surface area (TPSA) is 100 Å². The van der Waals surface area contributed by atoms with E-state index >= 15 is 0 Å². The van der Waals surface area contributed by atoms with Gasteiger partial charge >= 0.3 is 0 Å². The van der Waals surface area contributed by atoms with Crippen LogP contribution in [-0.4, -0.2) is 72.9 Å². The molecule has 9 nitrogen and oxygen atoms in total. The average molecular weight is 451 g/mol. The second-order valence-corrected chi connectivity index (χ2v) is 7.75. The molecule has 0 atom stereocenters. The zero-order chi connectivity index (χ0) is 22.9. The van der Waals surface area contributed by atoms with E-state index in [9.17, 15) is 18.4 Å². The molecule has 1 amide bonds. The molecule has 1 N–H and O–H groups in total. The van der Waals surface area contributed by atoms with E-state index in [0.717, 1.165) is 23.0 Å². The Kier molecular flexibility index (Phi) is 5.38. The number of H-pyrrole nitrogens is 1. The molecule has 5 rings (SSSR count). The van der Waals surface area contributed by atoms with Gasteiger partial charge in [-0.25, -0.2) is 8.78 Å². The highest BCUT2D eigenvalue weighted by molar-refractivity contribution is 6.44. The Morgan fingerprint density at radius 3 is 2.58 bits per heavy atom. The van der Waals surface area contributed by atoms with Gasteiger partial charge in [0.2, 0.25) is 0 Å². The Hall–Kier alpha value is -3.99. The van der Waals surface area contributed by atoms with Crippen LogP contribution < -0.4 is 0 Å².